The van der Waals surface area contributed by atoms with Crippen LogP contribution in [0.25, 0.3) is 0 Å². The Hall–Kier alpha value is -3.69. The van der Waals surface area contributed by atoms with E-state index in [4.69, 9.17) is 9.47 Å². The smallest absolute Gasteiger partial charge is 0.336 e. The zero-order chi connectivity index (χ0) is 23.5. The zero-order valence-electron chi connectivity index (χ0n) is 17.9. The number of esters is 2. The normalized spacial score (nSPS) is 16.5. The van der Waals surface area contributed by atoms with Gasteiger partial charge >= 0.3 is 17.9 Å². The molecule has 1 aliphatic heterocycles. The van der Waals surface area contributed by atoms with Crippen molar-refractivity contribution in [2.75, 3.05) is 13.8 Å². The van der Waals surface area contributed by atoms with Gasteiger partial charge in [-0.3, -0.25) is 14.9 Å². The highest BCUT2D eigenvalue weighted by atomic mass is 16.6. The number of rotatable bonds is 7. The van der Waals surface area contributed by atoms with Gasteiger partial charge in [0.25, 0.3) is 5.69 Å². The summed E-state index contributed by atoms with van der Waals surface area (Å²) >= 11 is 0. The second-order valence-electron chi connectivity index (χ2n) is 7.26. The van der Waals surface area contributed by atoms with Gasteiger partial charge in [0.2, 0.25) is 0 Å². The molecule has 0 amide bonds. The lowest BCUT2D eigenvalue weighted by Gasteiger charge is -2.36. The first-order valence-electron chi connectivity index (χ1n) is 9.42. The van der Waals surface area contributed by atoms with Gasteiger partial charge in [-0.15, -0.1) is 0 Å². The van der Waals surface area contributed by atoms with Crippen molar-refractivity contribution in [3.63, 3.8) is 0 Å². The number of non-ortho nitro benzene ring substituents is 1. The topological polar surface area (TPSA) is 136 Å². The number of nitro groups is 1. The van der Waals surface area contributed by atoms with E-state index in [-0.39, 0.29) is 34.8 Å². The number of aliphatic carboxylic acids is 1. The average molecular weight is 432 g/mol. The molecule has 0 aliphatic carbocycles. The Morgan fingerprint density at radius 3 is 2.32 bits per heavy atom. The highest BCUT2D eigenvalue weighted by molar-refractivity contribution is 5.99. The van der Waals surface area contributed by atoms with Crippen LogP contribution in [-0.4, -0.2) is 46.7 Å². The van der Waals surface area contributed by atoms with E-state index in [1.165, 1.54) is 36.1 Å². The molecule has 166 valence electrons. The van der Waals surface area contributed by atoms with Crippen molar-refractivity contribution in [1.82, 2.24) is 4.90 Å². The zero-order valence-corrected chi connectivity index (χ0v) is 17.9. The summed E-state index contributed by atoms with van der Waals surface area (Å²) < 4.78 is 10.1. The molecule has 0 fully saturated rings. The van der Waals surface area contributed by atoms with E-state index in [1.807, 2.05) is 0 Å². The third-order valence-electron chi connectivity index (χ3n) is 5.02. The maximum Gasteiger partial charge on any atom is 0.336 e. The van der Waals surface area contributed by atoms with E-state index in [2.05, 4.69) is 0 Å². The minimum Gasteiger partial charge on any atom is -0.478 e. The molecule has 1 unspecified atom stereocenters. The Morgan fingerprint density at radius 1 is 1.19 bits per heavy atom. The van der Waals surface area contributed by atoms with Crippen LogP contribution in [0.4, 0.5) is 5.69 Å². The number of allylic oxidation sites excluding steroid dienone is 2. The van der Waals surface area contributed by atoms with Crippen molar-refractivity contribution in [1.29, 1.82) is 0 Å². The van der Waals surface area contributed by atoms with Crippen LogP contribution in [0.5, 0.6) is 0 Å². The number of nitrogens with zero attached hydrogens (tertiary/aromatic N) is 2. The van der Waals surface area contributed by atoms with Gasteiger partial charge in [-0.1, -0.05) is 26.0 Å². The molecule has 10 nitrogen and oxygen atoms in total. The number of hydrogen-bond donors (Lipinski definition) is 1. The highest BCUT2D eigenvalue weighted by Gasteiger charge is 2.40. The highest BCUT2D eigenvalue weighted by Crippen LogP contribution is 2.43. The molecular formula is C21H24N2O8. The van der Waals surface area contributed by atoms with Crippen LogP contribution in [-0.2, 0) is 23.9 Å². The molecule has 1 atom stereocenters. The third kappa shape index (κ3) is 4.73. The SMILES string of the molecule is COC(=O)C1=C(C)N(COC(=O)C(C)C)C(C)=C(C(=O)O)C1c1cccc([N+](=O)[O-])c1. The number of hydrogen-bond acceptors (Lipinski definition) is 8. The summed E-state index contributed by atoms with van der Waals surface area (Å²) in [6.07, 6.45) is 0. The molecular weight excluding hydrogens is 408 g/mol. The molecule has 0 spiro atoms. The van der Waals surface area contributed by atoms with Gasteiger partial charge in [-0.05, 0) is 19.4 Å². The lowest BCUT2D eigenvalue weighted by Crippen LogP contribution is -2.36. The van der Waals surface area contributed by atoms with Crippen molar-refractivity contribution in [2.45, 2.75) is 33.6 Å². The number of carbonyl (C=O) groups excluding carboxylic acids is 2. The summed E-state index contributed by atoms with van der Waals surface area (Å²) in [5, 5.41) is 21.2. The Bertz CT molecular complexity index is 993. The van der Waals surface area contributed by atoms with Gasteiger partial charge in [0.1, 0.15) is 0 Å². The summed E-state index contributed by atoms with van der Waals surface area (Å²) in [6, 6.07) is 5.43. The molecule has 1 heterocycles. The minimum absolute atomic E-state index is 0.00778. The maximum atomic E-state index is 12.7. The molecule has 0 aromatic heterocycles. The lowest BCUT2D eigenvalue weighted by atomic mass is 9.79. The van der Waals surface area contributed by atoms with Crippen LogP contribution in [0, 0.1) is 16.0 Å². The molecule has 0 bridgehead atoms. The summed E-state index contributed by atoms with van der Waals surface area (Å²) in [7, 11) is 1.15. The van der Waals surface area contributed by atoms with Crippen molar-refractivity contribution < 1.29 is 33.9 Å². The Labute approximate surface area is 178 Å². The first kappa shape index (κ1) is 23.6. The molecule has 1 aliphatic rings. The van der Waals surface area contributed by atoms with Crippen LogP contribution < -0.4 is 0 Å². The monoisotopic (exact) mass is 432 g/mol. The number of carboxylic acid groups (broad SMARTS) is 1. The molecule has 1 aromatic carbocycles. The molecule has 1 N–H and O–H groups in total. The fraction of sp³-hybridized carbons (Fsp3) is 0.381. The van der Waals surface area contributed by atoms with E-state index in [0.717, 1.165) is 7.11 Å². The number of nitro benzene ring substituents is 1. The molecule has 31 heavy (non-hydrogen) atoms. The number of ether oxygens (including phenoxy) is 2. The molecule has 0 saturated heterocycles. The lowest BCUT2D eigenvalue weighted by molar-refractivity contribution is -0.384. The van der Waals surface area contributed by atoms with Crippen LogP contribution >= 0.6 is 0 Å². The van der Waals surface area contributed by atoms with E-state index in [1.54, 1.807) is 20.8 Å². The van der Waals surface area contributed by atoms with Crippen LogP contribution in [0.15, 0.2) is 46.8 Å². The number of benzene rings is 1. The average Bonchev–Trinajstić information content (AvgIpc) is 2.72. The standard InChI is InChI=1S/C21H24N2O8/c1-11(2)20(26)31-10-22-12(3)16(19(24)25)18(17(13(22)4)21(27)30-5)14-7-6-8-15(9-14)23(28)29/h6-9,11,18H,10H2,1-5H3,(H,24,25). The molecule has 10 heteroatoms. The van der Waals surface area contributed by atoms with Gasteiger partial charge in [-0.2, -0.15) is 0 Å². The van der Waals surface area contributed by atoms with Crippen molar-refractivity contribution in [2.24, 2.45) is 5.92 Å². The summed E-state index contributed by atoms with van der Waals surface area (Å²) in [6.45, 7) is 6.11. The molecule has 0 saturated carbocycles. The first-order valence-corrected chi connectivity index (χ1v) is 9.42. The second kappa shape index (κ2) is 9.41. The van der Waals surface area contributed by atoms with Gasteiger partial charge < -0.3 is 19.5 Å². The number of carboxylic acids is 1. The molecule has 0 radical (unpaired) electrons. The maximum absolute atomic E-state index is 12.7. The summed E-state index contributed by atoms with van der Waals surface area (Å²) in [5.41, 5.74) is 0.395. The largest absolute Gasteiger partial charge is 0.478 e. The molecule has 2 rings (SSSR count). The predicted molar refractivity (Wildman–Crippen MR) is 109 cm³/mol. The Morgan fingerprint density at radius 2 is 1.81 bits per heavy atom. The van der Waals surface area contributed by atoms with E-state index >= 15 is 0 Å². The second-order valence-corrected chi connectivity index (χ2v) is 7.26. The molecule has 1 aromatic rings. The van der Waals surface area contributed by atoms with Crippen LogP contribution in [0.1, 0.15) is 39.2 Å². The van der Waals surface area contributed by atoms with Crippen molar-refractivity contribution in [3.05, 3.63) is 62.5 Å². The van der Waals surface area contributed by atoms with E-state index in [9.17, 15) is 29.6 Å². The quantitative estimate of drug-likeness (QED) is 0.392. The Balaban J connectivity index is 2.69. The van der Waals surface area contributed by atoms with Gasteiger partial charge in [0.05, 0.1) is 35.0 Å². The van der Waals surface area contributed by atoms with Crippen molar-refractivity contribution >= 4 is 23.6 Å². The van der Waals surface area contributed by atoms with Gasteiger partial charge in [0, 0.05) is 23.5 Å². The third-order valence-corrected chi connectivity index (χ3v) is 5.02. The van der Waals surface area contributed by atoms with Gasteiger partial charge in [0.15, 0.2) is 6.73 Å². The summed E-state index contributed by atoms with van der Waals surface area (Å²) in [5.74, 6) is -4.10. The summed E-state index contributed by atoms with van der Waals surface area (Å²) in [4.78, 5) is 48.9. The first-order chi connectivity index (χ1) is 14.5. The fourth-order valence-electron chi connectivity index (χ4n) is 3.40. The Kier molecular flexibility index (Phi) is 7.16. The van der Waals surface area contributed by atoms with E-state index < -0.39 is 34.7 Å². The number of carbonyl (C=O) groups is 3. The van der Waals surface area contributed by atoms with Crippen LogP contribution in [0.2, 0.25) is 0 Å². The van der Waals surface area contributed by atoms with Gasteiger partial charge in [-0.25, -0.2) is 9.59 Å². The fourth-order valence-corrected chi connectivity index (χ4v) is 3.40. The van der Waals surface area contributed by atoms with E-state index in [0.29, 0.717) is 5.70 Å². The predicted octanol–water partition coefficient (Wildman–Crippen LogP) is 2.96. The minimum atomic E-state index is -1.32. The number of methoxy groups -OCH3 is 1. The van der Waals surface area contributed by atoms with Crippen molar-refractivity contribution in [3.8, 4) is 0 Å². The van der Waals surface area contributed by atoms with Crippen LogP contribution in [0.3, 0.4) is 0 Å².